The third kappa shape index (κ3) is 4.78. The summed E-state index contributed by atoms with van der Waals surface area (Å²) in [6, 6.07) is 20.8. The van der Waals surface area contributed by atoms with Crippen LogP contribution >= 0.6 is 0 Å². The monoisotopic (exact) mass is 269 g/mol. The predicted molar refractivity (Wildman–Crippen MR) is 85.3 cm³/mol. The minimum atomic E-state index is 0.361. The summed E-state index contributed by atoms with van der Waals surface area (Å²) in [5, 5.41) is 9.69. The van der Waals surface area contributed by atoms with Crippen molar-refractivity contribution >= 4 is 0 Å². The lowest BCUT2D eigenvalue weighted by Gasteiger charge is -2.09. The molecule has 1 saturated heterocycles. The zero-order chi connectivity index (χ0) is 14.0. The van der Waals surface area contributed by atoms with Crippen LogP contribution in [0.15, 0.2) is 60.7 Å². The summed E-state index contributed by atoms with van der Waals surface area (Å²) in [4.78, 5) is 0. The van der Waals surface area contributed by atoms with Crippen molar-refractivity contribution in [3.05, 3.63) is 60.7 Å². The topological polar surface area (TPSA) is 36.1 Å². The first kappa shape index (κ1) is 14.7. The van der Waals surface area contributed by atoms with E-state index < -0.39 is 0 Å². The zero-order valence-corrected chi connectivity index (χ0v) is 12.0. The van der Waals surface area contributed by atoms with E-state index in [0.29, 0.717) is 6.29 Å². The van der Waals surface area contributed by atoms with Gasteiger partial charge >= 0.3 is 0 Å². The maximum Gasteiger partial charge on any atom is 0.112 e. The van der Waals surface area contributed by atoms with Gasteiger partial charge in [-0.25, -0.2) is 0 Å². The summed E-state index contributed by atoms with van der Waals surface area (Å²) in [6.07, 6.45) is 0.361. The fourth-order valence-electron chi connectivity index (χ4n) is 2.11. The van der Waals surface area contributed by atoms with Gasteiger partial charge in [-0.2, -0.15) is 0 Å². The molecule has 0 aromatic heterocycles. The molecule has 3 heteroatoms. The Balaban J connectivity index is 0.000000160. The van der Waals surface area contributed by atoms with Crippen molar-refractivity contribution in [3.63, 3.8) is 0 Å². The molecule has 0 spiro atoms. The molecule has 1 aliphatic heterocycles. The van der Waals surface area contributed by atoms with E-state index in [1.165, 1.54) is 11.1 Å². The number of hydrogen-bond acceptors (Lipinski definition) is 3. The fraction of sp³-hybridized carbons (Fsp3) is 0.294. The predicted octanol–water partition coefficient (Wildman–Crippen LogP) is 2.43. The van der Waals surface area contributed by atoms with Gasteiger partial charge in [0.25, 0.3) is 0 Å². The Bertz CT molecular complexity index is 427. The van der Waals surface area contributed by atoms with E-state index in [4.69, 9.17) is 0 Å². The van der Waals surface area contributed by atoms with Gasteiger partial charge in [-0.05, 0) is 17.7 Å². The smallest absolute Gasteiger partial charge is 0.112 e. The van der Waals surface area contributed by atoms with E-state index in [9.17, 15) is 0 Å². The molecule has 0 unspecified atom stereocenters. The average Bonchev–Trinajstić information content (AvgIpc) is 3.03. The van der Waals surface area contributed by atoms with Gasteiger partial charge in [0.05, 0.1) is 0 Å². The Hall–Kier alpha value is -1.68. The first-order valence-electron chi connectivity index (χ1n) is 7.21. The van der Waals surface area contributed by atoms with Crippen LogP contribution in [0.25, 0.3) is 11.1 Å². The molecule has 1 heterocycles. The first-order valence-corrected chi connectivity index (χ1v) is 7.21. The Morgan fingerprint density at radius 3 is 1.70 bits per heavy atom. The van der Waals surface area contributed by atoms with Gasteiger partial charge in [0.1, 0.15) is 6.29 Å². The van der Waals surface area contributed by atoms with Crippen LogP contribution in [-0.4, -0.2) is 25.9 Å². The summed E-state index contributed by atoms with van der Waals surface area (Å²) in [6.45, 7) is 5.28. The van der Waals surface area contributed by atoms with Crippen molar-refractivity contribution in [1.29, 1.82) is 0 Å². The van der Waals surface area contributed by atoms with Crippen LogP contribution in [0.1, 0.15) is 6.92 Å². The zero-order valence-electron chi connectivity index (χ0n) is 12.0. The maximum absolute atomic E-state index is 3.24. The van der Waals surface area contributed by atoms with Crippen LogP contribution < -0.4 is 16.0 Å². The summed E-state index contributed by atoms with van der Waals surface area (Å²) >= 11 is 0. The van der Waals surface area contributed by atoms with Gasteiger partial charge in [-0.15, -0.1) is 0 Å². The lowest BCUT2D eigenvalue weighted by atomic mass is 10.1. The van der Waals surface area contributed by atoms with Crippen molar-refractivity contribution in [3.8, 4) is 11.1 Å². The van der Waals surface area contributed by atoms with Gasteiger partial charge in [0.2, 0.25) is 0 Å². The molecule has 0 amide bonds. The molecule has 0 atom stereocenters. The van der Waals surface area contributed by atoms with Crippen molar-refractivity contribution in [2.24, 2.45) is 0 Å². The highest BCUT2D eigenvalue weighted by molar-refractivity contribution is 5.62. The Morgan fingerprint density at radius 1 is 0.850 bits per heavy atom. The van der Waals surface area contributed by atoms with Gasteiger partial charge in [0, 0.05) is 13.1 Å². The molecule has 106 valence electrons. The molecule has 1 aliphatic rings. The third-order valence-corrected chi connectivity index (χ3v) is 3.11. The SMILES string of the molecule is CCNC1NCCN1.c1ccc(-c2ccccc2)cc1. The molecule has 1 fully saturated rings. The lowest BCUT2D eigenvalue weighted by Crippen LogP contribution is -2.44. The van der Waals surface area contributed by atoms with E-state index in [1.54, 1.807) is 0 Å². The van der Waals surface area contributed by atoms with E-state index in [0.717, 1.165) is 19.6 Å². The van der Waals surface area contributed by atoms with Crippen molar-refractivity contribution in [2.75, 3.05) is 19.6 Å². The molecule has 3 nitrogen and oxygen atoms in total. The Kier molecular flexibility index (Phi) is 6.24. The second-order valence-corrected chi connectivity index (χ2v) is 4.63. The quantitative estimate of drug-likeness (QED) is 0.801. The van der Waals surface area contributed by atoms with Crippen molar-refractivity contribution in [2.45, 2.75) is 13.2 Å². The van der Waals surface area contributed by atoms with Gasteiger partial charge in [-0.1, -0.05) is 67.6 Å². The summed E-state index contributed by atoms with van der Waals surface area (Å²) in [5.41, 5.74) is 2.55. The lowest BCUT2D eigenvalue weighted by molar-refractivity contribution is 0.457. The molecule has 2 aromatic rings. The highest BCUT2D eigenvalue weighted by atomic mass is 15.3. The van der Waals surface area contributed by atoms with Crippen LogP contribution in [0.2, 0.25) is 0 Å². The van der Waals surface area contributed by atoms with E-state index in [-0.39, 0.29) is 0 Å². The molecular formula is C17H23N3. The Labute approximate surface area is 121 Å². The van der Waals surface area contributed by atoms with Crippen molar-refractivity contribution < 1.29 is 0 Å². The van der Waals surface area contributed by atoms with Crippen LogP contribution in [0.3, 0.4) is 0 Å². The first-order chi connectivity index (χ1) is 9.90. The van der Waals surface area contributed by atoms with Gasteiger partial charge in [0.15, 0.2) is 0 Å². The highest BCUT2D eigenvalue weighted by Gasteiger charge is 2.08. The molecule has 20 heavy (non-hydrogen) atoms. The van der Waals surface area contributed by atoms with E-state index >= 15 is 0 Å². The van der Waals surface area contributed by atoms with Gasteiger partial charge in [-0.3, -0.25) is 16.0 Å². The second kappa shape index (κ2) is 8.48. The molecular weight excluding hydrogens is 246 g/mol. The van der Waals surface area contributed by atoms with Gasteiger partial charge < -0.3 is 0 Å². The molecule has 0 bridgehead atoms. The summed E-state index contributed by atoms with van der Waals surface area (Å²) in [5.74, 6) is 0. The second-order valence-electron chi connectivity index (χ2n) is 4.63. The molecule has 2 aromatic carbocycles. The molecule has 0 aliphatic carbocycles. The summed E-state index contributed by atoms with van der Waals surface area (Å²) in [7, 11) is 0. The fourth-order valence-corrected chi connectivity index (χ4v) is 2.11. The molecule has 0 radical (unpaired) electrons. The normalized spacial score (nSPS) is 14.7. The largest absolute Gasteiger partial charge is 0.290 e. The highest BCUT2D eigenvalue weighted by Crippen LogP contribution is 2.17. The Morgan fingerprint density at radius 2 is 1.30 bits per heavy atom. The van der Waals surface area contributed by atoms with E-state index in [2.05, 4.69) is 71.4 Å². The number of nitrogens with one attached hydrogen (secondary N) is 3. The van der Waals surface area contributed by atoms with Crippen LogP contribution in [-0.2, 0) is 0 Å². The molecule has 3 N–H and O–H groups in total. The minimum Gasteiger partial charge on any atom is -0.290 e. The third-order valence-electron chi connectivity index (χ3n) is 3.11. The minimum absolute atomic E-state index is 0.361. The van der Waals surface area contributed by atoms with E-state index in [1.807, 2.05) is 12.1 Å². The number of rotatable bonds is 3. The van der Waals surface area contributed by atoms with Crippen molar-refractivity contribution in [1.82, 2.24) is 16.0 Å². The average molecular weight is 269 g/mol. The maximum atomic E-state index is 3.24. The number of hydrogen-bond donors (Lipinski definition) is 3. The van der Waals surface area contributed by atoms with Crippen LogP contribution in [0, 0.1) is 0 Å². The molecule has 3 rings (SSSR count). The summed E-state index contributed by atoms with van der Waals surface area (Å²) < 4.78 is 0. The standard InChI is InChI=1S/C12H10.C5H13N3/c1-3-7-11(8-4-1)12-9-5-2-6-10-12;1-2-6-5-7-3-4-8-5/h1-10H;5-8H,2-4H2,1H3. The number of benzene rings is 2. The van der Waals surface area contributed by atoms with Crippen LogP contribution in [0.5, 0.6) is 0 Å². The van der Waals surface area contributed by atoms with Crippen LogP contribution in [0.4, 0.5) is 0 Å². The molecule has 0 saturated carbocycles.